The fraction of sp³-hybridized carbons (Fsp3) is 0.579. The molecule has 5 heteroatoms. The molecule has 2 atom stereocenters. The van der Waals surface area contributed by atoms with Gasteiger partial charge in [-0.05, 0) is 50.2 Å². The third-order valence-electron chi connectivity index (χ3n) is 4.59. The average molecular weight is 334 g/mol. The first-order valence-electron chi connectivity index (χ1n) is 8.67. The Kier molecular flexibility index (Phi) is 6.23. The van der Waals surface area contributed by atoms with Crippen molar-refractivity contribution in [1.82, 2.24) is 0 Å². The normalized spacial score (nSPS) is 23.9. The smallest absolute Gasteiger partial charge is 0.342 e. The lowest BCUT2D eigenvalue weighted by atomic mass is 9.90. The molecule has 24 heavy (non-hydrogen) atoms. The molecule has 132 valence electrons. The number of rotatable bonds is 0. The standard InChI is InChI=1S/C19H26O5/c1-12-6-3-4-8-14(20)9-5-7-13(2)24-19(23)18-16(12)10-15(21)11-17(18)22/h10-13,21-22H,3-9H2,1-2H3. The summed E-state index contributed by atoms with van der Waals surface area (Å²) in [6.07, 6.45) is 4.53. The second kappa shape index (κ2) is 8.18. The highest BCUT2D eigenvalue weighted by atomic mass is 16.5. The molecule has 1 aliphatic rings. The van der Waals surface area contributed by atoms with Gasteiger partial charge in [0, 0.05) is 18.9 Å². The molecule has 0 saturated heterocycles. The molecule has 0 saturated carbocycles. The summed E-state index contributed by atoms with van der Waals surface area (Å²) < 4.78 is 5.43. The summed E-state index contributed by atoms with van der Waals surface area (Å²) in [6, 6.07) is 2.68. The maximum Gasteiger partial charge on any atom is 0.342 e. The molecule has 0 amide bonds. The van der Waals surface area contributed by atoms with Crippen molar-refractivity contribution in [3.63, 3.8) is 0 Å². The number of benzene rings is 1. The maximum atomic E-state index is 12.5. The number of esters is 1. The van der Waals surface area contributed by atoms with Crippen LogP contribution in [0.5, 0.6) is 11.5 Å². The quantitative estimate of drug-likeness (QED) is 0.699. The van der Waals surface area contributed by atoms with E-state index in [9.17, 15) is 19.8 Å². The number of hydrogen-bond donors (Lipinski definition) is 2. The Balaban J connectivity index is 2.32. The molecular formula is C19H26O5. The number of cyclic esters (lactones) is 1. The lowest BCUT2D eigenvalue weighted by Crippen LogP contribution is -2.18. The molecule has 0 radical (unpaired) electrons. The number of carbonyl (C=O) groups excluding carboxylic acids is 2. The first-order chi connectivity index (χ1) is 11.4. The molecule has 0 aromatic heterocycles. The number of ketones is 1. The molecule has 1 aliphatic heterocycles. The summed E-state index contributed by atoms with van der Waals surface area (Å²) in [5, 5.41) is 19.9. The van der Waals surface area contributed by atoms with Crippen LogP contribution in [0.25, 0.3) is 0 Å². The van der Waals surface area contributed by atoms with Gasteiger partial charge in [0.1, 0.15) is 22.8 Å². The summed E-state index contributed by atoms with van der Waals surface area (Å²) in [5.41, 5.74) is 0.730. The number of aromatic hydroxyl groups is 2. The average Bonchev–Trinajstić information content (AvgIpc) is 2.49. The zero-order chi connectivity index (χ0) is 17.7. The molecule has 2 N–H and O–H groups in total. The van der Waals surface area contributed by atoms with Crippen molar-refractivity contribution in [3.05, 3.63) is 23.3 Å². The lowest BCUT2D eigenvalue weighted by Gasteiger charge is -2.20. The third-order valence-corrected chi connectivity index (χ3v) is 4.59. The van der Waals surface area contributed by atoms with Crippen LogP contribution in [0.4, 0.5) is 0 Å². The molecule has 2 unspecified atom stereocenters. The van der Waals surface area contributed by atoms with Crippen molar-refractivity contribution < 1.29 is 24.5 Å². The van der Waals surface area contributed by atoms with Crippen LogP contribution in [-0.2, 0) is 9.53 Å². The minimum absolute atomic E-state index is 0.0288. The van der Waals surface area contributed by atoms with Crippen molar-refractivity contribution >= 4 is 11.8 Å². The van der Waals surface area contributed by atoms with Crippen LogP contribution in [0.1, 0.15) is 80.6 Å². The molecule has 2 rings (SSSR count). The van der Waals surface area contributed by atoms with Crippen LogP contribution in [0.3, 0.4) is 0 Å². The van der Waals surface area contributed by atoms with Crippen LogP contribution in [0.2, 0.25) is 0 Å². The van der Waals surface area contributed by atoms with Crippen molar-refractivity contribution in [2.24, 2.45) is 0 Å². The topological polar surface area (TPSA) is 83.8 Å². The highest BCUT2D eigenvalue weighted by Crippen LogP contribution is 2.35. The maximum absolute atomic E-state index is 12.5. The van der Waals surface area contributed by atoms with E-state index in [1.165, 1.54) is 12.1 Å². The van der Waals surface area contributed by atoms with Gasteiger partial charge in [-0.3, -0.25) is 4.79 Å². The van der Waals surface area contributed by atoms with E-state index in [1.54, 1.807) is 6.92 Å². The van der Waals surface area contributed by atoms with Crippen LogP contribution in [0, 0.1) is 0 Å². The van der Waals surface area contributed by atoms with E-state index in [-0.39, 0.29) is 34.9 Å². The predicted octanol–water partition coefficient (Wildman–Crippen LogP) is 4.06. The molecule has 0 bridgehead atoms. The third kappa shape index (κ3) is 4.73. The van der Waals surface area contributed by atoms with E-state index >= 15 is 0 Å². The fourth-order valence-corrected chi connectivity index (χ4v) is 3.18. The van der Waals surface area contributed by atoms with Gasteiger partial charge in [-0.1, -0.05) is 13.3 Å². The molecule has 1 heterocycles. The van der Waals surface area contributed by atoms with Crippen molar-refractivity contribution in [1.29, 1.82) is 0 Å². The van der Waals surface area contributed by atoms with Gasteiger partial charge >= 0.3 is 5.97 Å². The van der Waals surface area contributed by atoms with E-state index in [2.05, 4.69) is 0 Å². The zero-order valence-electron chi connectivity index (χ0n) is 14.4. The number of Topliss-reactive ketones (excluding diaryl/α,β-unsaturated/α-hetero) is 1. The molecule has 1 aromatic rings. The largest absolute Gasteiger partial charge is 0.508 e. The lowest BCUT2D eigenvalue weighted by molar-refractivity contribution is -0.119. The molecule has 0 aliphatic carbocycles. The molecule has 0 spiro atoms. The fourth-order valence-electron chi connectivity index (χ4n) is 3.18. The number of phenols is 2. The zero-order valence-corrected chi connectivity index (χ0v) is 14.4. The predicted molar refractivity (Wildman–Crippen MR) is 90.4 cm³/mol. The number of phenolic OH excluding ortho intramolecular Hbond substituents is 2. The second-order valence-corrected chi connectivity index (χ2v) is 6.72. The van der Waals surface area contributed by atoms with E-state index in [0.29, 0.717) is 31.2 Å². The summed E-state index contributed by atoms with van der Waals surface area (Å²) in [4.78, 5) is 24.3. The molecule has 5 nitrogen and oxygen atoms in total. The number of fused-ring (bicyclic) bond motifs is 1. The van der Waals surface area contributed by atoms with Crippen LogP contribution in [0.15, 0.2) is 12.1 Å². The Hall–Kier alpha value is -2.04. The Morgan fingerprint density at radius 1 is 1.00 bits per heavy atom. The van der Waals surface area contributed by atoms with Crippen molar-refractivity contribution in [3.8, 4) is 11.5 Å². The second-order valence-electron chi connectivity index (χ2n) is 6.72. The van der Waals surface area contributed by atoms with Gasteiger partial charge < -0.3 is 14.9 Å². The molecule has 1 aromatic carbocycles. The Morgan fingerprint density at radius 3 is 2.46 bits per heavy atom. The molecule has 0 fully saturated rings. The van der Waals surface area contributed by atoms with Gasteiger partial charge in [0.25, 0.3) is 0 Å². The Morgan fingerprint density at radius 2 is 1.71 bits per heavy atom. The van der Waals surface area contributed by atoms with Crippen molar-refractivity contribution in [2.75, 3.05) is 0 Å². The Bertz CT molecular complexity index is 608. The number of hydrogen-bond acceptors (Lipinski definition) is 5. The SMILES string of the molecule is CC1CCCC(=O)CCCCC(C)c2cc(O)cc(O)c2C(=O)O1. The minimum atomic E-state index is -0.578. The van der Waals surface area contributed by atoms with E-state index in [0.717, 1.165) is 19.3 Å². The van der Waals surface area contributed by atoms with Gasteiger partial charge in [-0.15, -0.1) is 0 Å². The number of carbonyl (C=O) groups is 2. The van der Waals surface area contributed by atoms with Gasteiger partial charge in [0.2, 0.25) is 0 Å². The van der Waals surface area contributed by atoms with Gasteiger partial charge in [-0.25, -0.2) is 4.79 Å². The first-order valence-corrected chi connectivity index (χ1v) is 8.67. The monoisotopic (exact) mass is 334 g/mol. The van der Waals surface area contributed by atoms with E-state index in [1.807, 2.05) is 6.92 Å². The van der Waals surface area contributed by atoms with Gasteiger partial charge in [0.05, 0.1) is 6.10 Å². The summed E-state index contributed by atoms with van der Waals surface area (Å²) >= 11 is 0. The van der Waals surface area contributed by atoms with Gasteiger partial charge in [-0.2, -0.15) is 0 Å². The summed E-state index contributed by atoms with van der Waals surface area (Å²) in [5.74, 6) is -0.676. The first kappa shape index (κ1) is 18.3. The summed E-state index contributed by atoms with van der Waals surface area (Å²) in [7, 11) is 0. The van der Waals surface area contributed by atoms with E-state index < -0.39 is 5.97 Å². The van der Waals surface area contributed by atoms with E-state index in [4.69, 9.17) is 4.74 Å². The minimum Gasteiger partial charge on any atom is -0.508 e. The van der Waals surface area contributed by atoms with Crippen LogP contribution in [-0.4, -0.2) is 28.1 Å². The van der Waals surface area contributed by atoms with Crippen LogP contribution >= 0.6 is 0 Å². The Labute approximate surface area is 142 Å². The number of ether oxygens (including phenoxy) is 1. The van der Waals surface area contributed by atoms with Crippen LogP contribution < -0.4 is 0 Å². The van der Waals surface area contributed by atoms with Gasteiger partial charge in [0.15, 0.2) is 0 Å². The highest BCUT2D eigenvalue weighted by Gasteiger charge is 2.24. The molecular weight excluding hydrogens is 308 g/mol. The highest BCUT2D eigenvalue weighted by molar-refractivity contribution is 5.94. The summed E-state index contributed by atoms with van der Waals surface area (Å²) in [6.45, 7) is 3.73. The van der Waals surface area contributed by atoms with Crippen molar-refractivity contribution in [2.45, 2.75) is 70.8 Å².